The van der Waals surface area contributed by atoms with Crippen LogP contribution in [0.2, 0.25) is 0 Å². The first-order valence-corrected chi connectivity index (χ1v) is 5.80. The van der Waals surface area contributed by atoms with Crippen molar-refractivity contribution in [3.8, 4) is 11.5 Å². The lowest BCUT2D eigenvalue weighted by Gasteiger charge is -2.34. The Morgan fingerprint density at radius 1 is 1.22 bits per heavy atom. The van der Waals surface area contributed by atoms with Gasteiger partial charge in [-0.3, -0.25) is 4.90 Å². The molecule has 1 saturated heterocycles. The van der Waals surface area contributed by atoms with E-state index < -0.39 is 0 Å². The first-order valence-electron chi connectivity index (χ1n) is 5.80. The highest BCUT2D eigenvalue weighted by Gasteiger charge is 2.24. The van der Waals surface area contributed by atoms with Crippen LogP contribution >= 0.6 is 12.4 Å². The number of aliphatic hydroxyl groups excluding tert-OH is 1. The molecule has 0 amide bonds. The van der Waals surface area contributed by atoms with Crippen LogP contribution in [0.1, 0.15) is 11.6 Å². The lowest BCUT2D eigenvalue weighted by molar-refractivity contribution is 0.108. The molecule has 0 radical (unpaired) electrons. The van der Waals surface area contributed by atoms with Crippen LogP contribution in [0, 0.1) is 0 Å². The van der Waals surface area contributed by atoms with Gasteiger partial charge in [-0.1, -0.05) is 12.1 Å². The van der Waals surface area contributed by atoms with Crippen molar-refractivity contribution in [1.29, 1.82) is 0 Å². The Morgan fingerprint density at radius 2 is 1.89 bits per heavy atom. The van der Waals surface area contributed by atoms with Gasteiger partial charge in [0.2, 0.25) is 0 Å². The smallest absolute Gasteiger partial charge is 0.162 e. The van der Waals surface area contributed by atoms with Gasteiger partial charge in [0.1, 0.15) is 0 Å². The fourth-order valence-corrected chi connectivity index (χ4v) is 2.22. The molecule has 1 aliphatic heterocycles. The second-order valence-corrected chi connectivity index (χ2v) is 4.20. The van der Waals surface area contributed by atoms with E-state index in [1.165, 1.54) is 6.07 Å². The van der Waals surface area contributed by atoms with Crippen LogP contribution < -0.4 is 5.32 Å². The maximum atomic E-state index is 9.83. The molecule has 1 fully saturated rings. The van der Waals surface area contributed by atoms with Gasteiger partial charge in [-0.15, -0.1) is 12.4 Å². The van der Waals surface area contributed by atoms with Gasteiger partial charge in [-0.25, -0.2) is 0 Å². The summed E-state index contributed by atoms with van der Waals surface area (Å²) >= 11 is 0. The highest BCUT2D eigenvalue weighted by Crippen LogP contribution is 2.34. The van der Waals surface area contributed by atoms with Crippen molar-refractivity contribution in [1.82, 2.24) is 10.2 Å². The molecule has 0 bridgehead atoms. The molecule has 4 N–H and O–H groups in total. The molecule has 1 atom stereocenters. The minimum absolute atomic E-state index is 0. The first kappa shape index (κ1) is 15.0. The largest absolute Gasteiger partial charge is 0.504 e. The fourth-order valence-electron chi connectivity index (χ4n) is 2.22. The van der Waals surface area contributed by atoms with Crippen molar-refractivity contribution in [3.05, 3.63) is 23.8 Å². The molecule has 1 aliphatic rings. The van der Waals surface area contributed by atoms with E-state index in [4.69, 9.17) is 0 Å². The van der Waals surface area contributed by atoms with Crippen LogP contribution in [0.4, 0.5) is 0 Å². The van der Waals surface area contributed by atoms with Crippen molar-refractivity contribution < 1.29 is 15.3 Å². The van der Waals surface area contributed by atoms with E-state index in [2.05, 4.69) is 10.2 Å². The number of piperazine rings is 1. The number of phenols is 2. The molecule has 2 rings (SSSR count). The van der Waals surface area contributed by atoms with Gasteiger partial charge >= 0.3 is 0 Å². The van der Waals surface area contributed by atoms with Gasteiger partial charge in [-0.05, 0) is 6.07 Å². The summed E-state index contributed by atoms with van der Waals surface area (Å²) in [5, 5.41) is 32.0. The Balaban J connectivity index is 0.00000162. The Morgan fingerprint density at radius 3 is 2.50 bits per heavy atom. The molecule has 0 aromatic heterocycles. The molecular weight excluding hydrogens is 256 g/mol. The summed E-state index contributed by atoms with van der Waals surface area (Å²) in [6, 6.07) is 4.59. The van der Waals surface area contributed by atoms with Crippen LogP contribution in [-0.2, 0) is 0 Å². The Bertz CT molecular complexity index is 384. The monoisotopic (exact) mass is 274 g/mol. The molecule has 0 saturated carbocycles. The van der Waals surface area contributed by atoms with Crippen LogP contribution in [0.5, 0.6) is 11.5 Å². The minimum atomic E-state index is -0.260. The molecule has 1 aromatic carbocycles. The SMILES string of the molecule is Cl.OC[C@@H](c1cccc(O)c1O)N1CCNCC1. The van der Waals surface area contributed by atoms with Gasteiger partial charge < -0.3 is 20.6 Å². The minimum Gasteiger partial charge on any atom is -0.504 e. The second kappa shape index (κ2) is 6.80. The Kier molecular flexibility index (Phi) is 5.68. The van der Waals surface area contributed by atoms with Crippen LogP contribution in [0.3, 0.4) is 0 Å². The van der Waals surface area contributed by atoms with Gasteiger partial charge in [0.15, 0.2) is 11.5 Å². The molecule has 5 nitrogen and oxygen atoms in total. The third-order valence-corrected chi connectivity index (χ3v) is 3.17. The molecule has 0 spiro atoms. The number of hydrogen-bond acceptors (Lipinski definition) is 5. The highest BCUT2D eigenvalue weighted by molar-refractivity contribution is 5.85. The highest BCUT2D eigenvalue weighted by atomic mass is 35.5. The molecule has 0 unspecified atom stereocenters. The lowest BCUT2D eigenvalue weighted by atomic mass is 10.0. The van der Waals surface area contributed by atoms with Gasteiger partial charge in [-0.2, -0.15) is 0 Å². The van der Waals surface area contributed by atoms with Crippen LogP contribution in [-0.4, -0.2) is 53.0 Å². The van der Waals surface area contributed by atoms with E-state index in [1.807, 2.05) is 0 Å². The van der Waals surface area contributed by atoms with Crippen molar-refractivity contribution in [3.63, 3.8) is 0 Å². The number of halogens is 1. The second-order valence-electron chi connectivity index (χ2n) is 4.20. The van der Waals surface area contributed by atoms with E-state index in [0.717, 1.165) is 26.2 Å². The zero-order valence-electron chi connectivity index (χ0n) is 10.0. The third-order valence-electron chi connectivity index (χ3n) is 3.17. The summed E-state index contributed by atoms with van der Waals surface area (Å²) in [6.07, 6.45) is 0. The number of rotatable bonds is 3. The summed E-state index contributed by atoms with van der Waals surface area (Å²) in [5.41, 5.74) is 0.578. The molecule has 6 heteroatoms. The summed E-state index contributed by atoms with van der Waals surface area (Å²) in [4.78, 5) is 2.10. The standard InChI is InChI=1S/C12H18N2O3.ClH/c15-8-10(14-6-4-13-5-7-14)9-2-1-3-11(16)12(9)17;/h1-3,10,13,15-17H,4-8H2;1H/t10-;/m0./s1. The van der Waals surface area contributed by atoms with Crippen molar-refractivity contribution in [2.45, 2.75) is 6.04 Å². The number of nitrogens with zero attached hydrogens (tertiary/aromatic N) is 1. The number of benzene rings is 1. The number of nitrogens with one attached hydrogen (secondary N) is 1. The van der Waals surface area contributed by atoms with E-state index in [-0.39, 0.29) is 36.6 Å². The van der Waals surface area contributed by atoms with Crippen molar-refractivity contribution in [2.24, 2.45) is 0 Å². The first-order chi connectivity index (χ1) is 8.24. The van der Waals surface area contributed by atoms with Gasteiger partial charge in [0.05, 0.1) is 12.6 Å². The van der Waals surface area contributed by atoms with Gasteiger partial charge in [0, 0.05) is 31.7 Å². The molecule has 18 heavy (non-hydrogen) atoms. The summed E-state index contributed by atoms with van der Waals surface area (Å²) in [7, 11) is 0. The van der Waals surface area contributed by atoms with Gasteiger partial charge in [0.25, 0.3) is 0 Å². The van der Waals surface area contributed by atoms with E-state index in [0.29, 0.717) is 5.56 Å². The molecule has 102 valence electrons. The summed E-state index contributed by atoms with van der Waals surface area (Å²) in [5.74, 6) is -0.277. The topological polar surface area (TPSA) is 76.0 Å². The number of para-hydroxylation sites is 1. The molecule has 0 aliphatic carbocycles. The number of hydrogen-bond donors (Lipinski definition) is 4. The third kappa shape index (κ3) is 3.05. The molecule has 1 heterocycles. The van der Waals surface area contributed by atoms with E-state index >= 15 is 0 Å². The van der Waals surface area contributed by atoms with E-state index in [1.54, 1.807) is 12.1 Å². The quantitative estimate of drug-likeness (QED) is 0.603. The Hall–Kier alpha value is -1.01. The number of phenolic OH excluding ortho intramolecular Hbond substituents is 2. The molecular formula is C12H19ClN2O3. The number of aromatic hydroxyl groups is 2. The normalized spacial score (nSPS) is 18.1. The number of aliphatic hydroxyl groups is 1. The van der Waals surface area contributed by atoms with E-state index in [9.17, 15) is 15.3 Å². The predicted molar refractivity (Wildman–Crippen MR) is 71.3 cm³/mol. The van der Waals surface area contributed by atoms with Crippen molar-refractivity contribution in [2.75, 3.05) is 32.8 Å². The maximum absolute atomic E-state index is 9.83. The average Bonchev–Trinajstić information content (AvgIpc) is 2.37. The summed E-state index contributed by atoms with van der Waals surface area (Å²) < 4.78 is 0. The zero-order valence-corrected chi connectivity index (χ0v) is 10.9. The average molecular weight is 275 g/mol. The molecule has 1 aromatic rings. The van der Waals surface area contributed by atoms with Crippen LogP contribution in [0.15, 0.2) is 18.2 Å². The maximum Gasteiger partial charge on any atom is 0.162 e. The fraction of sp³-hybridized carbons (Fsp3) is 0.500. The van der Waals surface area contributed by atoms with Crippen molar-refractivity contribution >= 4 is 12.4 Å². The predicted octanol–water partition coefficient (Wildman–Crippen LogP) is 0.458. The summed E-state index contributed by atoms with van der Waals surface area (Å²) in [6.45, 7) is 3.31. The lowest BCUT2D eigenvalue weighted by Crippen LogP contribution is -2.46. The van der Waals surface area contributed by atoms with Crippen LogP contribution in [0.25, 0.3) is 0 Å². The Labute approximate surface area is 112 Å². The zero-order chi connectivity index (χ0) is 12.3.